The number of nitrogens with zero attached hydrogens (tertiary/aromatic N) is 2. The Morgan fingerprint density at radius 1 is 1.22 bits per heavy atom. The van der Waals surface area contributed by atoms with Crippen molar-refractivity contribution in [2.75, 3.05) is 26.6 Å². The van der Waals surface area contributed by atoms with Gasteiger partial charge in [-0.25, -0.2) is 0 Å². The number of carbonyl (C=O) groups excluding carboxylic acids is 1. The Balaban J connectivity index is 2.09. The van der Waals surface area contributed by atoms with E-state index in [0.29, 0.717) is 23.9 Å². The molecule has 0 saturated heterocycles. The van der Waals surface area contributed by atoms with Crippen molar-refractivity contribution in [3.63, 3.8) is 0 Å². The average molecular weight is 381 g/mol. The number of anilines is 1. The van der Waals surface area contributed by atoms with Crippen LogP contribution in [0, 0.1) is 0 Å². The summed E-state index contributed by atoms with van der Waals surface area (Å²) in [5.74, 6) is 1.59. The van der Waals surface area contributed by atoms with E-state index in [1.807, 2.05) is 12.1 Å². The van der Waals surface area contributed by atoms with Crippen LogP contribution in [-0.2, 0) is 6.54 Å². The summed E-state index contributed by atoms with van der Waals surface area (Å²) < 4.78 is 11.4. The third kappa shape index (κ3) is 4.10. The van der Waals surface area contributed by atoms with Crippen LogP contribution in [0.2, 0.25) is 0 Å². The number of methoxy groups -OCH3 is 2. The van der Waals surface area contributed by atoms with Gasteiger partial charge in [0.25, 0.3) is 5.91 Å². The summed E-state index contributed by atoms with van der Waals surface area (Å²) in [6.07, 6.45) is 0. The Morgan fingerprint density at radius 2 is 2.00 bits per heavy atom. The van der Waals surface area contributed by atoms with Gasteiger partial charge in [0.2, 0.25) is 0 Å². The predicted octanol–water partition coefficient (Wildman–Crippen LogP) is 2.23. The van der Waals surface area contributed by atoms with E-state index in [-0.39, 0.29) is 11.6 Å². The number of carbonyl (C=O) groups is 1. The molecule has 0 unspecified atom stereocenters. The third-order valence-electron chi connectivity index (χ3n) is 3.09. The van der Waals surface area contributed by atoms with E-state index >= 15 is 0 Å². The van der Waals surface area contributed by atoms with Gasteiger partial charge in [-0.15, -0.1) is 10.2 Å². The number of benzene rings is 1. The molecule has 0 fully saturated rings. The largest absolute Gasteiger partial charge is 0.493 e. The van der Waals surface area contributed by atoms with Crippen LogP contribution in [0.1, 0.15) is 16.1 Å². The second-order valence-electron chi connectivity index (χ2n) is 4.55. The Labute approximate surface area is 142 Å². The molecule has 1 aromatic heterocycles. The first kappa shape index (κ1) is 17.0. The van der Waals surface area contributed by atoms with Crippen molar-refractivity contribution in [2.45, 2.75) is 6.54 Å². The van der Waals surface area contributed by atoms with Gasteiger partial charge in [0, 0.05) is 13.6 Å². The molecule has 1 aromatic carbocycles. The van der Waals surface area contributed by atoms with Gasteiger partial charge in [-0.3, -0.25) is 4.79 Å². The molecule has 0 spiro atoms. The molecule has 0 aliphatic carbocycles. The first-order valence-corrected chi connectivity index (χ1v) is 7.58. The summed E-state index contributed by atoms with van der Waals surface area (Å²) in [5, 5.41) is 13.5. The number of nitrogens with one attached hydrogen (secondary N) is 2. The van der Waals surface area contributed by atoms with E-state index < -0.39 is 0 Å². The lowest BCUT2D eigenvalue weighted by molar-refractivity contribution is 0.0957. The molecule has 0 saturated carbocycles. The van der Waals surface area contributed by atoms with Crippen LogP contribution in [0.4, 0.5) is 5.82 Å². The quantitative estimate of drug-likeness (QED) is 0.798. The Hall–Kier alpha value is -2.35. The Kier molecular flexibility index (Phi) is 5.75. The van der Waals surface area contributed by atoms with Gasteiger partial charge in [0.1, 0.15) is 5.82 Å². The lowest BCUT2D eigenvalue weighted by atomic mass is 10.2. The highest BCUT2D eigenvalue weighted by Crippen LogP contribution is 2.36. The van der Waals surface area contributed by atoms with Crippen LogP contribution in [0.5, 0.6) is 11.5 Å². The van der Waals surface area contributed by atoms with Gasteiger partial charge in [0.15, 0.2) is 17.2 Å². The van der Waals surface area contributed by atoms with E-state index in [2.05, 4.69) is 36.8 Å². The van der Waals surface area contributed by atoms with Crippen LogP contribution in [0.15, 0.2) is 28.7 Å². The fourth-order valence-corrected chi connectivity index (χ4v) is 2.59. The van der Waals surface area contributed by atoms with Crippen LogP contribution >= 0.6 is 15.9 Å². The molecular formula is C15H17BrN4O3. The van der Waals surface area contributed by atoms with Gasteiger partial charge in [0.05, 0.1) is 18.7 Å². The Bertz CT molecular complexity index is 692. The summed E-state index contributed by atoms with van der Waals surface area (Å²) in [5.41, 5.74) is 1.25. The average Bonchev–Trinajstić information content (AvgIpc) is 2.59. The molecule has 0 atom stereocenters. The van der Waals surface area contributed by atoms with E-state index in [1.165, 1.54) is 0 Å². The molecule has 1 amide bonds. The number of ether oxygens (including phenoxy) is 2. The first-order valence-electron chi connectivity index (χ1n) is 6.79. The molecule has 7 nitrogen and oxygen atoms in total. The maximum atomic E-state index is 11.4. The molecule has 122 valence electrons. The van der Waals surface area contributed by atoms with Gasteiger partial charge in [-0.1, -0.05) is 0 Å². The zero-order chi connectivity index (χ0) is 16.8. The maximum absolute atomic E-state index is 11.4. The fourth-order valence-electron chi connectivity index (χ4n) is 1.94. The standard InChI is InChI=1S/C15H17BrN4O3/c1-17-15(21)11-4-5-13(20-19-11)18-8-9-6-10(16)14(23-3)12(7-9)22-2/h4-7H,8H2,1-3H3,(H,17,21)(H,18,20). The third-order valence-corrected chi connectivity index (χ3v) is 3.68. The van der Waals surface area contributed by atoms with Gasteiger partial charge >= 0.3 is 0 Å². The van der Waals surface area contributed by atoms with E-state index in [1.54, 1.807) is 33.4 Å². The number of hydrogen-bond acceptors (Lipinski definition) is 6. The second kappa shape index (κ2) is 7.77. The van der Waals surface area contributed by atoms with Crippen LogP contribution in [0.25, 0.3) is 0 Å². The van der Waals surface area contributed by atoms with E-state index in [9.17, 15) is 4.79 Å². The van der Waals surface area contributed by atoms with Crippen LogP contribution < -0.4 is 20.1 Å². The van der Waals surface area contributed by atoms with Crippen LogP contribution in [0.3, 0.4) is 0 Å². The zero-order valence-corrected chi connectivity index (χ0v) is 14.6. The molecule has 8 heteroatoms. The summed E-state index contributed by atoms with van der Waals surface area (Å²) in [6.45, 7) is 0.521. The van der Waals surface area contributed by atoms with Crippen molar-refractivity contribution in [1.29, 1.82) is 0 Å². The molecule has 2 rings (SSSR count). The van der Waals surface area contributed by atoms with Gasteiger partial charge in [-0.05, 0) is 45.8 Å². The SMILES string of the molecule is CNC(=O)c1ccc(NCc2cc(Br)c(OC)c(OC)c2)nn1. The van der Waals surface area contributed by atoms with E-state index in [0.717, 1.165) is 10.0 Å². The van der Waals surface area contributed by atoms with Crippen molar-refractivity contribution >= 4 is 27.7 Å². The molecule has 2 aromatic rings. The van der Waals surface area contributed by atoms with Crippen molar-refractivity contribution in [3.05, 3.63) is 40.0 Å². The number of aromatic nitrogens is 2. The smallest absolute Gasteiger partial charge is 0.271 e. The highest BCUT2D eigenvalue weighted by molar-refractivity contribution is 9.10. The molecular weight excluding hydrogens is 364 g/mol. The minimum atomic E-state index is -0.270. The number of rotatable bonds is 6. The second-order valence-corrected chi connectivity index (χ2v) is 5.40. The number of halogens is 1. The normalized spacial score (nSPS) is 10.1. The van der Waals surface area contributed by atoms with Crippen molar-refractivity contribution in [2.24, 2.45) is 0 Å². The lowest BCUT2D eigenvalue weighted by Crippen LogP contribution is -2.19. The molecule has 1 heterocycles. The minimum Gasteiger partial charge on any atom is -0.493 e. The molecule has 23 heavy (non-hydrogen) atoms. The molecule has 0 radical (unpaired) electrons. The number of hydrogen-bond donors (Lipinski definition) is 2. The van der Waals surface area contributed by atoms with Crippen molar-refractivity contribution in [1.82, 2.24) is 15.5 Å². The highest BCUT2D eigenvalue weighted by Gasteiger charge is 2.11. The Morgan fingerprint density at radius 3 is 2.57 bits per heavy atom. The molecule has 0 bridgehead atoms. The molecule has 2 N–H and O–H groups in total. The molecule has 0 aliphatic rings. The van der Waals surface area contributed by atoms with Gasteiger partial charge in [-0.2, -0.15) is 0 Å². The lowest BCUT2D eigenvalue weighted by Gasteiger charge is -2.12. The topological polar surface area (TPSA) is 85.4 Å². The minimum absolute atomic E-state index is 0.270. The summed E-state index contributed by atoms with van der Waals surface area (Å²) >= 11 is 3.45. The number of amides is 1. The van der Waals surface area contributed by atoms with Crippen molar-refractivity contribution < 1.29 is 14.3 Å². The maximum Gasteiger partial charge on any atom is 0.271 e. The van der Waals surface area contributed by atoms with Crippen molar-refractivity contribution in [3.8, 4) is 11.5 Å². The first-order chi connectivity index (χ1) is 11.1. The molecule has 0 aliphatic heterocycles. The van der Waals surface area contributed by atoms with E-state index in [4.69, 9.17) is 9.47 Å². The fraction of sp³-hybridized carbons (Fsp3) is 0.267. The summed E-state index contributed by atoms with van der Waals surface area (Å²) in [7, 11) is 4.72. The highest BCUT2D eigenvalue weighted by atomic mass is 79.9. The van der Waals surface area contributed by atoms with Gasteiger partial charge < -0.3 is 20.1 Å². The summed E-state index contributed by atoms with van der Waals surface area (Å²) in [4.78, 5) is 11.4. The zero-order valence-electron chi connectivity index (χ0n) is 13.0. The monoisotopic (exact) mass is 380 g/mol. The predicted molar refractivity (Wildman–Crippen MR) is 90.0 cm³/mol. The van der Waals surface area contributed by atoms with Crippen LogP contribution in [-0.4, -0.2) is 37.4 Å². The summed E-state index contributed by atoms with van der Waals surface area (Å²) in [6, 6.07) is 7.12.